The average molecular weight is 371 g/mol. The SMILES string of the molecule is C[C@H](Sc1nnc(C(F)(F)F)n1N)C(=O)N1c2ccccc2C[C@@H]1C. The van der Waals surface area contributed by atoms with Crippen molar-refractivity contribution in [3.63, 3.8) is 0 Å². The maximum absolute atomic E-state index is 12.8. The Balaban J connectivity index is 1.79. The number of benzene rings is 1. The number of hydrogen-bond donors (Lipinski definition) is 1. The zero-order valence-electron chi connectivity index (χ0n) is 13.5. The van der Waals surface area contributed by atoms with Gasteiger partial charge in [0.15, 0.2) is 0 Å². The molecule has 0 saturated carbocycles. The van der Waals surface area contributed by atoms with E-state index in [2.05, 4.69) is 10.2 Å². The van der Waals surface area contributed by atoms with Crippen LogP contribution in [0.2, 0.25) is 0 Å². The lowest BCUT2D eigenvalue weighted by molar-refractivity contribution is -0.146. The van der Waals surface area contributed by atoms with Crippen LogP contribution in [0.3, 0.4) is 0 Å². The first kappa shape index (κ1) is 17.6. The molecule has 2 N–H and O–H groups in total. The molecule has 0 radical (unpaired) electrons. The molecule has 10 heteroatoms. The number of carbonyl (C=O) groups is 1. The van der Waals surface area contributed by atoms with E-state index in [4.69, 9.17) is 5.84 Å². The Morgan fingerprint density at radius 2 is 2.04 bits per heavy atom. The first-order valence-corrected chi connectivity index (χ1v) is 8.43. The molecule has 1 aromatic carbocycles. The fourth-order valence-corrected chi connectivity index (χ4v) is 3.68. The van der Waals surface area contributed by atoms with Gasteiger partial charge in [-0.2, -0.15) is 13.2 Å². The highest BCUT2D eigenvalue weighted by atomic mass is 32.2. The minimum absolute atomic E-state index is 0.0190. The van der Waals surface area contributed by atoms with Crippen LogP contribution < -0.4 is 10.7 Å². The van der Waals surface area contributed by atoms with E-state index in [-0.39, 0.29) is 17.1 Å². The van der Waals surface area contributed by atoms with Crippen LogP contribution in [0.25, 0.3) is 0 Å². The standard InChI is InChI=1S/C15H16F3N5OS/c1-8-7-10-5-3-4-6-11(10)22(8)12(24)9(2)25-14-21-20-13(23(14)19)15(16,17)18/h3-6,8-9H,7,19H2,1-2H3/t8-,9-/m0/s1. The summed E-state index contributed by atoms with van der Waals surface area (Å²) >= 11 is 0.852. The molecule has 2 aromatic rings. The Morgan fingerprint density at radius 3 is 2.68 bits per heavy atom. The summed E-state index contributed by atoms with van der Waals surface area (Å²) in [6, 6.07) is 7.56. The number of nitrogens with two attached hydrogens (primary N) is 1. The first-order valence-electron chi connectivity index (χ1n) is 7.55. The van der Waals surface area contributed by atoms with E-state index in [9.17, 15) is 18.0 Å². The summed E-state index contributed by atoms with van der Waals surface area (Å²) in [6.45, 7) is 3.55. The molecule has 1 aliphatic rings. The van der Waals surface area contributed by atoms with E-state index in [0.29, 0.717) is 4.68 Å². The first-order chi connectivity index (χ1) is 11.7. The van der Waals surface area contributed by atoms with Gasteiger partial charge in [0.1, 0.15) is 0 Å². The highest BCUT2D eigenvalue weighted by molar-refractivity contribution is 8.00. The van der Waals surface area contributed by atoms with Crippen molar-refractivity contribution in [1.29, 1.82) is 0 Å². The van der Waals surface area contributed by atoms with Gasteiger partial charge in [0.05, 0.1) is 5.25 Å². The molecule has 1 amide bonds. The molecular weight excluding hydrogens is 355 g/mol. The maximum atomic E-state index is 12.8. The number of amides is 1. The maximum Gasteiger partial charge on any atom is 0.453 e. The van der Waals surface area contributed by atoms with Crippen molar-refractivity contribution in [3.8, 4) is 0 Å². The van der Waals surface area contributed by atoms with Crippen LogP contribution in [-0.2, 0) is 17.4 Å². The van der Waals surface area contributed by atoms with Crippen LogP contribution in [0.5, 0.6) is 0 Å². The zero-order chi connectivity index (χ0) is 18.4. The summed E-state index contributed by atoms with van der Waals surface area (Å²) in [4.78, 5) is 14.5. The van der Waals surface area contributed by atoms with Gasteiger partial charge >= 0.3 is 6.18 Å². The molecule has 25 heavy (non-hydrogen) atoms. The van der Waals surface area contributed by atoms with Crippen molar-refractivity contribution in [3.05, 3.63) is 35.7 Å². The number of anilines is 1. The number of thioether (sulfide) groups is 1. The normalized spacial score (nSPS) is 18.3. The van der Waals surface area contributed by atoms with Crippen molar-refractivity contribution in [2.45, 2.75) is 42.9 Å². The summed E-state index contributed by atoms with van der Waals surface area (Å²) < 4.78 is 38.6. The number of nitrogen functional groups attached to an aromatic ring is 1. The second kappa shape index (κ2) is 6.25. The van der Waals surface area contributed by atoms with Crippen molar-refractivity contribution in [2.75, 3.05) is 10.7 Å². The number of aromatic nitrogens is 3. The van der Waals surface area contributed by atoms with Crippen LogP contribution in [-0.4, -0.2) is 32.1 Å². The number of alkyl halides is 3. The topological polar surface area (TPSA) is 77.0 Å². The van der Waals surface area contributed by atoms with Crippen LogP contribution in [0.1, 0.15) is 25.2 Å². The van der Waals surface area contributed by atoms with Gasteiger partial charge in [-0.3, -0.25) is 4.79 Å². The Bertz CT molecular complexity index is 807. The molecule has 6 nitrogen and oxygen atoms in total. The van der Waals surface area contributed by atoms with Gasteiger partial charge in [-0.1, -0.05) is 30.0 Å². The van der Waals surface area contributed by atoms with Gasteiger partial charge in [0.2, 0.25) is 11.1 Å². The lowest BCUT2D eigenvalue weighted by Crippen LogP contribution is -2.40. The second-order valence-corrected chi connectivity index (χ2v) is 7.13. The average Bonchev–Trinajstić information content (AvgIpc) is 3.06. The Kier molecular flexibility index (Phi) is 4.40. The molecule has 0 unspecified atom stereocenters. The predicted molar refractivity (Wildman–Crippen MR) is 87.6 cm³/mol. The summed E-state index contributed by atoms with van der Waals surface area (Å²) in [5.41, 5.74) is 1.90. The van der Waals surface area contributed by atoms with E-state index in [1.54, 1.807) is 11.8 Å². The summed E-state index contributed by atoms with van der Waals surface area (Å²) in [5, 5.41) is 5.70. The number of carbonyl (C=O) groups excluding carboxylic acids is 1. The molecule has 2 heterocycles. The van der Waals surface area contributed by atoms with Crippen LogP contribution >= 0.6 is 11.8 Å². The van der Waals surface area contributed by atoms with Crippen molar-refractivity contribution >= 4 is 23.4 Å². The third kappa shape index (κ3) is 3.17. The lowest BCUT2D eigenvalue weighted by Gasteiger charge is -2.25. The third-order valence-corrected chi connectivity index (χ3v) is 5.04. The molecule has 0 aliphatic carbocycles. The highest BCUT2D eigenvalue weighted by Crippen LogP contribution is 2.35. The van der Waals surface area contributed by atoms with Crippen molar-refractivity contribution in [2.24, 2.45) is 0 Å². The highest BCUT2D eigenvalue weighted by Gasteiger charge is 2.39. The zero-order valence-corrected chi connectivity index (χ0v) is 14.3. The van der Waals surface area contributed by atoms with Gasteiger partial charge < -0.3 is 10.7 Å². The Morgan fingerprint density at radius 1 is 1.36 bits per heavy atom. The van der Waals surface area contributed by atoms with Gasteiger partial charge in [0, 0.05) is 11.7 Å². The quantitative estimate of drug-likeness (QED) is 0.663. The van der Waals surface area contributed by atoms with E-state index in [1.807, 2.05) is 31.2 Å². The monoisotopic (exact) mass is 371 g/mol. The van der Waals surface area contributed by atoms with Gasteiger partial charge in [0.25, 0.3) is 5.82 Å². The van der Waals surface area contributed by atoms with Gasteiger partial charge in [-0.15, -0.1) is 10.2 Å². The van der Waals surface area contributed by atoms with Crippen LogP contribution in [0.15, 0.2) is 29.4 Å². The molecule has 0 fully saturated rings. The fourth-order valence-electron chi connectivity index (χ4n) is 2.86. The van der Waals surface area contributed by atoms with E-state index < -0.39 is 17.3 Å². The molecule has 3 rings (SSSR count). The number of fused-ring (bicyclic) bond motifs is 1. The second-order valence-electron chi connectivity index (χ2n) is 5.82. The molecule has 0 saturated heterocycles. The minimum Gasteiger partial charge on any atom is -0.335 e. The molecule has 0 spiro atoms. The number of halogens is 3. The molecule has 0 bridgehead atoms. The predicted octanol–water partition coefficient (Wildman–Crippen LogP) is 2.47. The number of hydrogen-bond acceptors (Lipinski definition) is 5. The molecular formula is C15H16F3N5OS. The largest absolute Gasteiger partial charge is 0.453 e. The van der Waals surface area contributed by atoms with Gasteiger partial charge in [-0.05, 0) is 31.9 Å². The summed E-state index contributed by atoms with van der Waals surface area (Å²) in [5.74, 6) is 3.92. The third-order valence-electron chi connectivity index (χ3n) is 3.99. The van der Waals surface area contributed by atoms with Crippen molar-refractivity contribution < 1.29 is 18.0 Å². The number of rotatable bonds is 3. The van der Waals surface area contributed by atoms with E-state index in [0.717, 1.165) is 29.4 Å². The van der Waals surface area contributed by atoms with Crippen LogP contribution in [0.4, 0.5) is 18.9 Å². The van der Waals surface area contributed by atoms with E-state index in [1.165, 1.54) is 0 Å². The summed E-state index contributed by atoms with van der Waals surface area (Å²) in [7, 11) is 0. The number of nitrogens with zero attached hydrogens (tertiary/aromatic N) is 4. The Labute approximate surface area is 146 Å². The molecule has 1 aliphatic heterocycles. The smallest absolute Gasteiger partial charge is 0.335 e. The fraction of sp³-hybridized carbons (Fsp3) is 0.400. The summed E-state index contributed by atoms with van der Waals surface area (Å²) in [6.07, 6.45) is -3.96. The van der Waals surface area contributed by atoms with Gasteiger partial charge in [-0.25, -0.2) is 4.68 Å². The molecule has 134 valence electrons. The van der Waals surface area contributed by atoms with Crippen molar-refractivity contribution in [1.82, 2.24) is 14.9 Å². The molecule has 1 aromatic heterocycles. The number of para-hydroxylation sites is 1. The lowest BCUT2D eigenvalue weighted by atomic mass is 10.1. The minimum atomic E-state index is -4.70. The molecule has 2 atom stereocenters. The van der Waals surface area contributed by atoms with E-state index >= 15 is 0 Å². The Hall–Kier alpha value is -2.23. The van der Waals surface area contributed by atoms with Crippen LogP contribution in [0, 0.1) is 0 Å².